The third-order valence-electron chi connectivity index (χ3n) is 6.13. The van der Waals surface area contributed by atoms with Gasteiger partial charge in [0.1, 0.15) is 5.78 Å². The van der Waals surface area contributed by atoms with Crippen LogP contribution in [0.3, 0.4) is 0 Å². The molecule has 0 aliphatic heterocycles. The van der Waals surface area contributed by atoms with E-state index in [9.17, 15) is 9.59 Å². The molecule has 4 nitrogen and oxygen atoms in total. The number of hydrogen-bond acceptors (Lipinski definition) is 2. The fraction of sp³-hybridized carbons (Fsp3) is 0.630. The molecule has 1 aromatic carbocycles. The summed E-state index contributed by atoms with van der Waals surface area (Å²) in [5.74, 6) is -0.481. The minimum atomic E-state index is -0.772. The lowest BCUT2D eigenvalue weighted by atomic mass is 10.0. The average molecular weight is 428 g/mol. The van der Waals surface area contributed by atoms with E-state index >= 15 is 0 Å². The number of aliphatic carboxylic acids is 1. The quantitative estimate of drug-likeness (QED) is 0.254. The molecule has 172 valence electrons. The molecule has 4 heteroatoms. The van der Waals surface area contributed by atoms with E-state index in [4.69, 9.17) is 5.11 Å². The van der Waals surface area contributed by atoms with Crippen molar-refractivity contribution in [3.63, 3.8) is 0 Å². The van der Waals surface area contributed by atoms with E-state index in [0.29, 0.717) is 31.6 Å². The highest BCUT2D eigenvalue weighted by Crippen LogP contribution is 2.23. The number of aromatic nitrogens is 1. The molecule has 1 N–H and O–H groups in total. The Kier molecular flexibility index (Phi) is 12.0. The van der Waals surface area contributed by atoms with Crippen molar-refractivity contribution >= 4 is 22.5 Å². The van der Waals surface area contributed by atoms with Crippen molar-refractivity contribution in [1.29, 1.82) is 0 Å². The van der Waals surface area contributed by atoms with E-state index in [1.807, 2.05) is 12.1 Å². The van der Waals surface area contributed by atoms with Crippen LogP contribution < -0.4 is 0 Å². The van der Waals surface area contributed by atoms with Crippen molar-refractivity contribution in [3.05, 3.63) is 36.2 Å². The zero-order chi connectivity index (χ0) is 22.3. The maximum Gasteiger partial charge on any atom is 0.303 e. The van der Waals surface area contributed by atoms with Gasteiger partial charge in [0.05, 0.1) is 0 Å². The molecule has 2 rings (SSSR count). The number of carbonyl (C=O) groups excluding carboxylic acids is 1. The van der Waals surface area contributed by atoms with Gasteiger partial charge in [0.25, 0.3) is 0 Å². The van der Waals surface area contributed by atoms with Gasteiger partial charge in [-0.15, -0.1) is 0 Å². The predicted molar refractivity (Wildman–Crippen MR) is 129 cm³/mol. The third kappa shape index (κ3) is 9.71. The molecule has 0 amide bonds. The molecular weight excluding hydrogens is 386 g/mol. The first-order chi connectivity index (χ1) is 15.1. The zero-order valence-electron chi connectivity index (χ0n) is 19.4. The molecule has 2 aromatic rings. The van der Waals surface area contributed by atoms with Gasteiger partial charge in [0, 0.05) is 43.1 Å². The zero-order valence-corrected chi connectivity index (χ0v) is 19.4. The van der Waals surface area contributed by atoms with Crippen LogP contribution in [0.4, 0.5) is 0 Å². The summed E-state index contributed by atoms with van der Waals surface area (Å²) in [6.45, 7) is 2.90. The van der Waals surface area contributed by atoms with E-state index in [1.165, 1.54) is 57.8 Å². The van der Waals surface area contributed by atoms with Crippen molar-refractivity contribution < 1.29 is 14.7 Å². The van der Waals surface area contributed by atoms with E-state index in [0.717, 1.165) is 29.3 Å². The fourth-order valence-corrected chi connectivity index (χ4v) is 4.33. The summed E-state index contributed by atoms with van der Waals surface area (Å²) in [6.07, 6.45) is 18.0. The molecule has 0 aliphatic carbocycles. The first kappa shape index (κ1) is 25.2. The Balaban J connectivity index is 1.69. The normalized spacial score (nSPS) is 11.3. The van der Waals surface area contributed by atoms with Gasteiger partial charge >= 0.3 is 5.97 Å². The molecule has 1 aromatic heterocycles. The van der Waals surface area contributed by atoms with Crippen LogP contribution in [-0.4, -0.2) is 21.4 Å². The Labute approximate surface area is 188 Å². The Morgan fingerprint density at radius 2 is 1.42 bits per heavy atom. The number of rotatable bonds is 18. The fourth-order valence-electron chi connectivity index (χ4n) is 4.33. The standard InChI is InChI=1S/C27H41NO3/c1-2-3-4-5-6-7-8-9-10-11-12-17-24(29)21-26-25-18-14-13-16-23(25)22-28(26)20-15-19-27(30)31/h13-14,16,18,22H,2-12,15,17,19-21H2,1H3,(H,30,31). The van der Waals surface area contributed by atoms with Crippen LogP contribution >= 0.6 is 0 Å². The van der Waals surface area contributed by atoms with E-state index in [1.54, 1.807) is 0 Å². The van der Waals surface area contributed by atoms with Crippen LogP contribution in [0.5, 0.6) is 0 Å². The maximum absolute atomic E-state index is 12.6. The number of hydrogen-bond donors (Lipinski definition) is 1. The number of ketones is 1. The van der Waals surface area contributed by atoms with Crippen molar-refractivity contribution in [2.45, 2.75) is 110 Å². The second kappa shape index (κ2) is 14.8. The molecule has 0 aliphatic rings. The minimum Gasteiger partial charge on any atom is -0.481 e. The van der Waals surface area contributed by atoms with E-state index in [-0.39, 0.29) is 6.42 Å². The molecule has 0 radical (unpaired) electrons. The molecule has 0 atom stereocenters. The molecular formula is C27H41NO3. The Morgan fingerprint density at radius 3 is 2.06 bits per heavy atom. The van der Waals surface area contributed by atoms with Gasteiger partial charge in [-0.2, -0.15) is 0 Å². The van der Waals surface area contributed by atoms with Gasteiger partial charge < -0.3 is 9.67 Å². The van der Waals surface area contributed by atoms with Crippen molar-refractivity contribution in [1.82, 2.24) is 4.57 Å². The molecule has 31 heavy (non-hydrogen) atoms. The lowest BCUT2D eigenvalue weighted by Gasteiger charge is -2.09. The van der Waals surface area contributed by atoms with E-state index in [2.05, 4.69) is 29.8 Å². The summed E-state index contributed by atoms with van der Waals surface area (Å²) in [6, 6.07) is 8.12. The van der Waals surface area contributed by atoms with Crippen LogP contribution in [0, 0.1) is 0 Å². The topological polar surface area (TPSA) is 59.3 Å². The van der Waals surface area contributed by atoms with Gasteiger partial charge in [-0.3, -0.25) is 9.59 Å². The number of carboxylic acids is 1. The number of fused-ring (bicyclic) bond motifs is 1. The Hall–Kier alpha value is -2.10. The Bertz CT molecular complexity index is 793. The summed E-state index contributed by atoms with van der Waals surface area (Å²) in [5.41, 5.74) is 1.04. The highest BCUT2D eigenvalue weighted by atomic mass is 16.4. The van der Waals surface area contributed by atoms with Crippen molar-refractivity contribution in [3.8, 4) is 0 Å². The van der Waals surface area contributed by atoms with Crippen molar-refractivity contribution in [2.75, 3.05) is 0 Å². The third-order valence-corrected chi connectivity index (χ3v) is 6.13. The molecule has 0 spiro atoms. The van der Waals surface area contributed by atoms with Crippen LogP contribution in [0.25, 0.3) is 10.8 Å². The molecule has 1 heterocycles. The minimum absolute atomic E-state index is 0.153. The smallest absolute Gasteiger partial charge is 0.303 e. The number of benzene rings is 1. The SMILES string of the molecule is CCCCCCCCCCCCCC(=O)Cc1c2ccccc2cn1CCCC(=O)O. The monoisotopic (exact) mass is 427 g/mol. The lowest BCUT2D eigenvalue weighted by Crippen LogP contribution is -2.10. The largest absolute Gasteiger partial charge is 0.481 e. The molecule has 0 unspecified atom stereocenters. The average Bonchev–Trinajstić information content (AvgIpc) is 3.09. The number of carboxylic acid groups (broad SMARTS) is 1. The highest BCUT2D eigenvalue weighted by Gasteiger charge is 2.13. The van der Waals surface area contributed by atoms with Crippen LogP contribution in [0.15, 0.2) is 30.5 Å². The predicted octanol–water partition coefficient (Wildman–Crippen LogP) is 7.32. The van der Waals surface area contributed by atoms with Crippen LogP contribution in [0.1, 0.15) is 103 Å². The van der Waals surface area contributed by atoms with Gasteiger partial charge in [-0.05, 0) is 18.2 Å². The molecule has 0 fully saturated rings. The maximum atomic E-state index is 12.6. The summed E-state index contributed by atoms with van der Waals surface area (Å²) >= 11 is 0. The van der Waals surface area contributed by atoms with Gasteiger partial charge in [-0.1, -0.05) is 95.4 Å². The number of nitrogens with zero attached hydrogens (tertiary/aromatic N) is 1. The number of Topliss-reactive ketones (excluding diaryl/α,β-unsaturated/α-hetero) is 1. The molecule has 0 saturated carbocycles. The summed E-state index contributed by atoms with van der Waals surface area (Å²) in [4.78, 5) is 23.5. The van der Waals surface area contributed by atoms with Crippen LogP contribution in [0.2, 0.25) is 0 Å². The number of unbranched alkanes of at least 4 members (excludes halogenated alkanes) is 10. The summed E-state index contributed by atoms with van der Waals surface area (Å²) in [5, 5.41) is 11.2. The first-order valence-corrected chi connectivity index (χ1v) is 12.4. The van der Waals surface area contributed by atoms with E-state index < -0.39 is 5.97 Å². The van der Waals surface area contributed by atoms with Crippen molar-refractivity contribution in [2.24, 2.45) is 0 Å². The number of aryl methyl sites for hydroxylation is 1. The Morgan fingerprint density at radius 1 is 0.806 bits per heavy atom. The first-order valence-electron chi connectivity index (χ1n) is 12.4. The molecule has 0 bridgehead atoms. The highest BCUT2D eigenvalue weighted by molar-refractivity contribution is 5.90. The lowest BCUT2D eigenvalue weighted by molar-refractivity contribution is -0.137. The van der Waals surface area contributed by atoms with Gasteiger partial charge in [-0.25, -0.2) is 0 Å². The van der Waals surface area contributed by atoms with Crippen LogP contribution in [-0.2, 0) is 22.6 Å². The second-order valence-corrected chi connectivity index (χ2v) is 8.85. The summed E-state index contributed by atoms with van der Waals surface area (Å²) in [7, 11) is 0. The molecule has 0 saturated heterocycles. The summed E-state index contributed by atoms with van der Waals surface area (Å²) < 4.78 is 2.09. The number of carbonyl (C=O) groups is 2. The van der Waals surface area contributed by atoms with Gasteiger partial charge in [0.2, 0.25) is 0 Å². The van der Waals surface area contributed by atoms with Gasteiger partial charge in [0.15, 0.2) is 0 Å². The second-order valence-electron chi connectivity index (χ2n) is 8.85.